The second-order valence-electron chi connectivity index (χ2n) is 21.7. The number of nitrogens with two attached hydrogens (primary N) is 1. The minimum absolute atomic E-state index is 0.0543. The first kappa shape index (κ1) is 66.9. The normalized spacial score (nSPS) is 18.6. The van der Waals surface area contributed by atoms with Gasteiger partial charge in [-0.25, -0.2) is 4.98 Å². The third-order valence-electron chi connectivity index (χ3n) is 15.6. The van der Waals surface area contributed by atoms with E-state index in [0.717, 1.165) is 59.9 Å². The quantitative estimate of drug-likeness (QED) is 0.0429. The van der Waals surface area contributed by atoms with Crippen LogP contribution in [0, 0.1) is 0 Å². The summed E-state index contributed by atoms with van der Waals surface area (Å²) >= 11 is 36.9. The van der Waals surface area contributed by atoms with Crippen LogP contribution in [0.2, 0.25) is 20.1 Å². The molecule has 0 spiro atoms. The van der Waals surface area contributed by atoms with E-state index >= 15 is 0 Å². The van der Waals surface area contributed by atoms with Crippen molar-refractivity contribution in [2.45, 2.75) is 87.0 Å². The minimum Gasteiger partial charge on any atom is -0.491 e. The number of aromatic nitrogens is 4. The lowest BCUT2D eigenvalue weighted by atomic mass is 9.72. The van der Waals surface area contributed by atoms with Crippen molar-refractivity contribution in [3.05, 3.63) is 237 Å². The van der Waals surface area contributed by atoms with Gasteiger partial charge in [-0.1, -0.05) is 108 Å². The van der Waals surface area contributed by atoms with E-state index in [-0.39, 0.29) is 35.5 Å². The second-order valence-corrected chi connectivity index (χ2v) is 24.6. The van der Waals surface area contributed by atoms with Crippen molar-refractivity contribution in [1.82, 2.24) is 29.7 Å². The number of anilines is 2. The van der Waals surface area contributed by atoms with Crippen LogP contribution in [-0.4, -0.2) is 98.3 Å². The summed E-state index contributed by atoms with van der Waals surface area (Å²) in [5.41, 5.74) is 11.3. The fraction of sp³-hybridized carbons (Fsp3) is 0.299. The van der Waals surface area contributed by atoms with Crippen molar-refractivity contribution in [2.75, 3.05) is 50.0 Å². The molecule has 21 heteroatoms. The molecule has 3 N–H and O–H groups in total. The molecule has 6 heterocycles. The highest BCUT2D eigenvalue weighted by Crippen LogP contribution is 2.42. The maximum Gasteiger partial charge on any atom is 0.237 e. The molecule has 15 nitrogen and oxygen atoms in total. The number of ether oxygens (including phenoxy) is 3. The SMILES string of the molecule is CC(=O)N1CCN(c2ccc(OCC3COC(Cn4ccnc4)(c4ccc(Cl)cc4Cl)O3)cc2)CC1.CC(C)(C(=O)c1cccnc1)c1cccnc1.CCC1(c2ccc(N)cc2)CCC(=O)NC1=O.Clc1ccc(C(c2ccccc2Cl)C(Cl)Cl)cc1. The number of alkyl halides is 2. The number of carbonyl (C=O) groups is 4. The van der Waals surface area contributed by atoms with Crippen LogP contribution in [0.15, 0.2) is 183 Å². The van der Waals surface area contributed by atoms with Crippen molar-refractivity contribution < 1.29 is 33.4 Å². The van der Waals surface area contributed by atoms with Gasteiger partial charge in [0, 0.05) is 120 Å². The van der Waals surface area contributed by atoms with Gasteiger partial charge in [-0.15, -0.1) is 23.2 Å². The van der Waals surface area contributed by atoms with Crippen LogP contribution >= 0.6 is 69.6 Å². The van der Waals surface area contributed by atoms with E-state index in [4.69, 9.17) is 89.5 Å². The molecule has 460 valence electrons. The average Bonchev–Trinajstić information content (AvgIpc) is 1.65. The van der Waals surface area contributed by atoms with E-state index in [1.54, 1.807) is 80.6 Å². The van der Waals surface area contributed by atoms with Crippen molar-refractivity contribution in [3.63, 3.8) is 0 Å². The number of imide groups is 1. The number of imidazole rings is 1. The number of piperidine rings is 1. The average molecular weight is 1310 g/mol. The maximum absolute atomic E-state index is 12.4. The molecule has 3 aliphatic heterocycles. The van der Waals surface area contributed by atoms with Gasteiger partial charge in [-0.05, 0) is 134 Å². The Balaban J connectivity index is 0.000000163. The number of ketones is 1. The number of nitrogens with one attached hydrogen (secondary N) is 1. The van der Waals surface area contributed by atoms with Crippen molar-refractivity contribution >= 4 is 104 Å². The molecule has 3 fully saturated rings. The van der Waals surface area contributed by atoms with Gasteiger partial charge < -0.3 is 34.3 Å². The van der Waals surface area contributed by atoms with Crippen LogP contribution in [0.4, 0.5) is 11.4 Å². The van der Waals surface area contributed by atoms with Crippen molar-refractivity contribution in [2.24, 2.45) is 0 Å². The van der Waals surface area contributed by atoms with Gasteiger partial charge in [0.15, 0.2) is 5.78 Å². The van der Waals surface area contributed by atoms with Crippen LogP contribution in [0.1, 0.15) is 91.1 Å². The van der Waals surface area contributed by atoms with Gasteiger partial charge in [0.25, 0.3) is 0 Å². The standard InChI is InChI=1S/C26H28Cl2N4O4.C14H10Cl4.C14H14N2O.C13H16N2O2/c1-19(33)31-10-12-32(13-11-31)21-3-5-22(6-4-21)34-15-23-16-35-26(36-23,17-30-9-8-29-18-30)24-7-2-20(27)14-25(24)28;15-10-7-5-9(6-8-10)13(14(17)18)11-3-1-2-4-12(11)16;1-14(2,12-6-4-8-16-10-12)13(17)11-5-3-7-15-9-11;1-2-13(8-7-11(16)15-12(13)17)9-3-5-10(14)6-4-9/h2-9,14,18,23H,10-13,15-17H2,1H3;1-8,13-14H;3-10H,1-2H3;3-6H,2,7-8,14H2,1H3,(H,15,16,17). The topological polar surface area (TPSA) is 184 Å². The first-order valence-corrected chi connectivity index (χ1v) is 30.9. The summed E-state index contributed by atoms with van der Waals surface area (Å²) in [6.45, 7) is 11.6. The third kappa shape index (κ3) is 17.0. The van der Waals surface area contributed by atoms with Crippen molar-refractivity contribution in [1.29, 1.82) is 0 Å². The van der Waals surface area contributed by atoms with Gasteiger partial charge in [0.2, 0.25) is 23.5 Å². The summed E-state index contributed by atoms with van der Waals surface area (Å²) in [6.07, 6.45) is 13.3. The Morgan fingerprint density at radius 1 is 0.784 bits per heavy atom. The van der Waals surface area contributed by atoms with Crippen molar-refractivity contribution in [3.8, 4) is 5.75 Å². The predicted octanol–water partition coefficient (Wildman–Crippen LogP) is 14.1. The zero-order valence-corrected chi connectivity index (χ0v) is 53.5. The Hall–Kier alpha value is -7.05. The molecule has 4 atom stereocenters. The number of nitrogens with zero attached hydrogens (tertiary/aromatic N) is 6. The number of hydrogen-bond donors (Lipinski definition) is 2. The maximum atomic E-state index is 12.4. The molecule has 5 aromatic carbocycles. The molecule has 88 heavy (non-hydrogen) atoms. The monoisotopic (exact) mass is 1310 g/mol. The van der Waals surface area contributed by atoms with E-state index in [0.29, 0.717) is 75.9 Å². The Morgan fingerprint density at radius 2 is 1.47 bits per heavy atom. The number of Topliss-reactive ketones (excluding diaryl/α,β-unsaturated/α-hetero) is 1. The van der Waals surface area contributed by atoms with Gasteiger partial charge in [0.05, 0.1) is 35.3 Å². The molecule has 3 amide bonds. The number of piperazine rings is 1. The fourth-order valence-electron chi connectivity index (χ4n) is 10.5. The fourth-order valence-corrected chi connectivity index (χ4v) is 12.0. The molecule has 0 saturated carbocycles. The van der Waals surface area contributed by atoms with Gasteiger partial charge in [-0.3, -0.25) is 34.5 Å². The molecule has 0 bridgehead atoms. The number of halogens is 6. The smallest absolute Gasteiger partial charge is 0.237 e. The van der Waals surface area contributed by atoms with Crippen LogP contribution in [-0.2, 0) is 47.0 Å². The largest absolute Gasteiger partial charge is 0.491 e. The molecule has 11 rings (SSSR count). The lowest BCUT2D eigenvalue weighted by molar-refractivity contribution is -0.189. The number of pyridine rings is 2. The van der Waals surface area contributed by atoms with Crippen LogP contribution < -0.4 is 20.7 Å². The molecule has 8 aromatic rings. The van der Waals surface area contributed by atoms with Crippen LogP contribution in [0.25, 0.3) is 0 Å². The lowest BCUT2D eigenvalue weighted by Crippen LogP contribution is -2.51. The molecule has 4 unspecified atom stereocenters. The minimum atomic E-state index is -1.08. The van der Waals surface area contributed by atoms with E-state index in [1.807, 2.05) is 140 Å². The molecular formula is C67H68Cl6N8O7. The molecule has 3 aliphatic rings. The summed E-state index contributed by atoms with van der Waals surface area (Å²) < 4.78 is 20.6. The molecule has 0 aliphatic carbocycles. The summed E-state index contributed by atoms with van der Waals surface area (Å²) in [5.74, 6) is -0.693. The van der Waals surface area contributed by atoms with E-state index in [9.17, 15) is 19.2 Å². The summed E-state index contributed by atoms with van der Waals surface area (Å²) in [7, 11) is 0. The van der Waals surface area contributed by atoms with Crippen LogP contribution in [0.3, 0.4) is 0 Å². The number of hydrogen-bond acceptors (Lipinski definition) is 12. The Labute approximate surface area is 543 Å². The Morgan fingerprint density at radius 3 is 2.06 bits per heavy atom. The number of benzene rings is 5. The second kappa shape index (κ2) is 30.9. The first-order valence-electron chi connectivity index (χ1n) is 28.5. The zero-order chi connectivity index (χ0) is 63.0. The van der Waals surface area contributed by atoms with E-state index in [2.05, 4.69) is 25.2 Å². The molecule has 3 saturated heterocycles. The lowest BCUT2D eigenvalue weighted by Gasteiger charge is -2.35. The zero-order valence-electron chi connectivity index (χ0n) is 49.0. The molecule has 0 radical (unpaired) electrons. The highest BCUT2D eigenvalue weighted by atomic mass is 35.5. The number of nitrogen functional groups attached to an aromatic ring is 1. The van der Waals surface area contributed by atoms with Gasteiger partial charge in [0.1, 0.15) is 23.3 Å². The van der Waals surface area contributed by atoms with E-state index in [1.165, 1.54) is 0 Å². The number of rotatable bonds is 15. The molecular weight excluding hydrogens is 1240 g/mol. The summed E-state index contributed by atoms with van der Waals surface area (Å²) in [6, 6.07) is 42.9. The third-order valence-corrected chi connectivity index (χ3v) is 17.3. The Bertz CT molecular complexity index is 3580. The highest BCUT2D eigenvalue weighted by Gasteiger charge is 2.46. The first-order chi connectivity index (χ1) is 42.2. The Kier molecular flexibility index (Phi) is 23.5. The highest BCUT2D eigenvalue weighted by molar-refractivity contribution is 6.45. The van der Waals surface area contributed by atoms with E-state index < -0.39 is 21.5 Å². The summed E-state index contributed by atoms with van der Waals surface area (Å²) in [5, 5.41) is 4.78. The van der Waals surface area contributed by atoms with Gasteiger partial charge in [-0.2, -0.15) is 0 Å². The molecule has 3 aromatic heterocycles. The van der Waals surface area contributed by atoms with Gasteiger partial charge >= 0.3 is 0 Å². The predicted molar refractivity (Wildman–Crippen MR) is 349 cm³/mol. The number of amides is 3. The number of carbonyl (C=O) groups excluding carboxylic acids is 4. The van der Waals surface area contributed by atoms with Crippen LogP contribution in [0.5, 0.6) is 5.75 Å². The summed E-state index contributed by atoms with van der Waals surface area (Å²) in [4.78, 5) is 63.0.